The molecule has 1 amide bonds. The molecule has 2 rings (SSSR count). The van der Waals surface area contributed by atoms with E-state index >= 15 is 0 Å². The number of ether oxygens (including phenoxy) is 1. The van der Waals surface area contributed by atoms with Crippen molar-refractivity contribution in [3.05, 3.63) is 48.0 Å². The highest BCUT2D eigenvalue weighted by molar-refractivity contribution is 5.95. The van der Waals surface area contributed by atoms with Gasteiger partial charge in [0.05, 0.1) is 5.56 Å². The van der Waals surface area contributed by atoms with E-state index in [0.29, 0.717) is 5.69 Å². The highest BCUT2D eigenvalue weighted by Gasteiger charge is 2.20. The number of carbonyl (C=O) groups excluding carboxylic acids is 1. The van der Waals surface area contributed by atoms with Crippen molar-refractivity contribution in [3.63, 3.8) is 0 Å². The molecule has 0 bridgehead atoms. The van der Waals surface area contributed by atoms with Crippen LogP contribution in [0.5, 0.6) is 0 Å². The summed E-state index contributed by atoms with van der Waals surface area (Å²) in [5.41, 5.74) is 7.72. The van der Waals surface area contributed by atoms with Gasteiger partial charge in [-0.15, -0.1) is 0 Å². The summed E-state index contributed by atoms with van der Waals surface area (Å²) < 4.78 is 5.36. The molecule has 6 heteroatoms. The molecule has 0 aliphatic rings. The molecule has 0 heterocycles. The maximum atomic E-state index is 12.2. The van der Waals surface area contributed by atoms with Gasteiger partial charge in [-0.25, -0.2) is 9.59 Å². The zero-order valence-electron chi connectivity index (χ0n) is 14.7. The minimum absolute atomic E-state index is 0.0609. The Bertz CT molecular complexity index is 809. The van der Waals surface area contributed by atoms with Gasteiger partial charge < -0.3 is 15.6 Å². The first-order valence-corrected chi connectivity index (χ1v) is 7.78. The van der Waals surface area contributed by atoms with E-state index in [2.05, 4.69) is 0 Å². The second kappa shape index (κ2) is 6.84. The summed E-state index contributed by atoms with van der Waals surface area (Å²) in [6.45, 7) is 5.42. The van der Waals surface area contributed by atoms with Crippen molar-refractivity contribution in [2.45, 2.75) is 26.4 Å². The van der Waals surface area contributed by atoms with Gasteiger partial charge in [0.2, 0.25) is 0 Å². The number of nitrogens with two attached hydrogens (primary N) is 1. The maximum absolute atomic E-state index is 12.2. The summed E-state index contributed by atoms with van der Waals surface area (Å²) in [6.07, 6.45) is -0.453. The van der Waals surface area contributed by atoms with Gasteiger partial charge in [-0.05, 0) is 56.2 Å². The van der Waals surface area contributed by atoms with Gasteiger partial charge in [0.15, 0.2) is 0 Å². The molecule has 0 spiro atoms. The average Bonchev–Trinajstić information content (AvgIpc) is 2.52. The fourth-order valence-corrected chi connectivity index (χ4v) is 2.27. The van der Waals surface area contributed by atoms with Crippen molar-refractivity contribution in [1.82, 2.24) is 0 Å². The van der Waals surface area contributed by atoms with Crippen molar-refractivity contribution < 1.29 is 19.4 Å². The Morgan fingerprint density at radius 2 is 1.72 bits per heavy atom. The molecule has 0 saturated carbocycles. The molecule has 0 aromatic heterocycles. The van der Waals surface area contributed by atoms with Crippen LogP contribution >= 0.6 is 0 Å². The van der Waals surface area contributed by atoms with Gasteiger partial charge in [-0.2, -0.15) is 0 Å². The quantitative estimate of drug-likeness (QED) is 0.822. The Morgan fingerprint density at radius 1 is 1.08 bits per heavy atom. The maximum Gasteiger partial charge on any atom is 0.414 e. The molecule has 0 saturated heterocycles. The summed E-state index contributed by atoms with van der Waals surface area (Å²) in [6, 6.07) is 12.1. The van der Waals surface area contributed by atoms with Crippen LogP contribution < -0.4 is 10.6 Å². The molecule has 0 aliphatic heterocycles. The fourth-order valence-electron chi connectivity index (χ4n) is 2.27. The van der Waals surface area contributed by atoms with Crippen molar-refractivity contribution in [3.8, 4) is 11.1 Å². The Balaban J connectivity index is 2.31. The molecule has 132 valence electrons. The topological polar surface area (TPSA) is 92.9 Å². The third-order valence-electron chi connectivity index (χ3n) is 3.52. The molecule has 0 unspecified atom stereocenters. The fraction of sp³-hybridized carbons (Fsp3) is 0.263. The summed E-state index contributed by atoms with van der Waals surface area (Å²) in [5, 5.41) is 9.06. The lowest BCUT2D eigenvalue weighted by molar-refractivity contribution is 0.0588. The van der Waals surface area contributed by atoms with E-state index in [1.54, 1.807) is 25.2 Å². The predicted octanol–water partition coefficient (Wildman–Crippen LogP) is 4.01. The summed E-state index contributed by atoms with van der Waals surface area (Å²) in [7, 11) is 1.63. The monoisotopic (exact) mass is 342 g/mol. The SMILES string of the molecule is CN(C(=O)OC(C)(C)C)c1cccc(-c2ccc(C(=O)O)c(N)c2)c1. The predicted molar refractivity (Wildman–Crippen MR) is 97.9 cm³/mol. The molecule has 3 N–H and O–H groups in total. The lowest BCUT2D eigenvalue weighted by atomic mass is 10.0. The lowest BCUT2D eigenvalue weighted by Crippen LogP contribution is -2.34. The lowest BCUT2D eigenvalue weighted by Gasteiger charge is -2.25. The van der Waals surface area contributed by atoms with Crippen molar-refractivity contribution in [2.75, 3.05) is 17.7 Å². The molecule has 2 aromatic carbocycles. The second-order valence-electron chi connectivity index (χ2n) is 6.70. The number of rotatable bonds is 3. The van der Waals surface area contributed by atoms with Crippen molar-refractivity contribution in [2.24, 2.45) is 0 Å². The number of carbonyl (C=O) groups is 2. The van der Waals surface area contributed by atoms with Crippen LogP contribution in [0.4, 0.5) is 16.2 Å². The molecule has 0 atom stereocenters. The van der Waals surface area contributed by atoms with E-state index in [0.717, 1.165) is 11.1 Å². The highest BCUT2D eigenvalue weighted by atomic mass is 16.6. The summed E-state index contributed by atoms with van der Waals surface area (Å²) in [5.74, 6) is -1.07. The van der Waals surface area contributed by atoms with Gasteiger partial charge in [0.1, 0.15) is 5.60 Å². The molecular weight excluding hydrogens is 320 g/mol. The number of amides is 1. The van der Waals surface area contributed by atoms with Gasteiger partial charge >= 0.3 is 12.1 Å². The number of benzene rings is 2. The normalized spacial score (nSPS) is 11.0. The Hall–Kier alpha value is -3.02. The largest absolute Gasteiger partial charge is 0.478 e. The third kappa shape index (κ3) is 4.50. The van der Waals surface area contributed by atoms with Crippen molar-refractivity contribution in [1.29, 1.82) is 0 Å². The van der Waals surface area contributed by atoms with Gasteiger partial charge in [-0.1, -0.05) is 18.2 Å². The van der Waals surface area contributed by atoms with Crippen LogP contribution in [0.2, 0.25) is 0 Å². The first kappa shape index (κ1) is 18.3. The molecule has 6 nitrogen and oxygen atoms in total. The molecule has 2 aromatic rings. The number of hydrogen-bond donors (Lipinski definition) is 2. The van der Waals surface area contributed by atoms with Gasteiger partial charge in [-0.3, -0.25) is 4.90 Å². The number of hydrogen-bond acceptors (Lipinski definition) is 4. The van der Waals surface area contributed by atoms with Crippen LogP contribution in [0.1, 0.15) is 31.1 Å². The third-order valence-corrected chi connectivity index (χ3v) is 3.52. The van der Waals surface area contributed by atoms with Crippen LogP contribution in [-0.4, -0.2) is 29.8 Å². The Morgan fingerprint density at radius 3 is 2.28 bits per heavy atom. The molecule has 0 aliphatic carbocycles. The number of nitrogens with zero attached hydrogens (tertiary/aromatic N) is 1. The minimum atomic E-state index is -1.07. The smallest absolute Gasteiger partial charge is 0.414 e. The van der Waals surface area contributed by atoms with E-state index in [-0.39, 0.29) is 11.3 Å². The van der Waals surface area contributed by atoms with Crippen molar-refractivity contribution >= 4 is 23.4 Å². The van der Waals surface area contributed by atoms with Crippen LogP contribution in [0.15, 0.2) is 42.5 Å². The minimum Gasteiger partial charge on any atom is -0.478 e. The van der Waals surface area contributed by atoms with Crippen LogP contribution in [0, 0.1) is 0 Å². The number of carboxylic acid groups (broad SMARTS) is 1. The van der Waals surface area contributed by atoms with Crippen LogP contribution in [-0.2, 0) is 4.74 Å². The van der Waals surface area contributed by atoms with Gasteiger partial charge in [0, 0.05) is 18.4 Å². The van der Waals surface area contributed by atoms with Crippen LogP contribution in [0.25, 0.3) is 11.1 Å². The molecular formula is C19H22N2O4. The van der Waals surface area contributed by atoms with E-state index in [1.165, 1.54) is 11.0 Å². The highest BCUT2D eigenvalue weighted by Crippen LogP contribution is 2.28. The number of anilines is 2. The Kier molecular flexibility index (Phi) is 5.02. The second-order valence-corrected chi connectivity index (χ2v) is 6.70. The zero-order valence-corrected chi connectivity index (χ0v) is 14.7. The zero-order chi connectivity index (χ0) is 18.8. The number of nitrogen functional groups attached to an aromatic ring is 1. The number of aromatic carboxylic acids is 1. The van der Waals surface area contributed by atoms with E-state index in [9.17, 15) is 9.59 Å². The van der Waals surface area contributed by atoms with E-state index in [4.69, 9.17) is 15.6 Å². The van der Waals surface area contributed by atoms with Crippen LogP contribution in [0.3, 0.4) is 0 Å². The molecule has 0 fully saturated rings. The molecule has 0 radical (unpaired) electrons. The number of carboxylic acids is 1. The first-order valence-electron chi connectivity index (χ1n) is 7.78. The first-order chi connectivity index (χ1) is 11.6. The summed E-state index contributed by atoms with van der Waals surface area (Å²) >= 11 is 0. The van der Waals surface area contributed by atoms with E-state index in [1.807, 2.05) is 39.0 Å². The van der Waals surface area contributed by atoms with E-state index < -0.39 is 17.7 Å². The standard InChI is InChI=1S/C19H22N2O4/c1-19(2,3)25-18(24)21(4)14-7-5-6-12(10-14)13-8-9-15(17(22)23)16(20)11-13/h5-11H,20H2,1-4H3,(H,22,23). The van der Waals surface area contributed by atoms with Gasteiger partial charge in [0.25, 0.3) is 0 Å². The summed E-state index contributed by atoms with van der Waals surface area (Å²) in [4.78, 5) is 24.7. The average molecular weight is 342 g/mol. The Labute approximate surface area is 146 Å². The molecule has 25 heavy (non-hydrogen) atoms.